The number of imide groups is 1. The third-order valence-electron chi connectivity index (χ3n) is 7.27. The summed E-state index contributed by atoms with van der Waals surface area (Å²) in [5.41, 5.74) is 1.71. The summed E-state index contributed by atoms with van der Waals surface area (Å²) in [4.78, 5) is 44.3. The van der Waals surface area contributed by atoms with Gasteiger partial charge in [-0.2, -0.15) is 0 Å². The number of hydrogen-bond acceptors (Lipinski definition) is 4. The number of carbonyl (C=O) groups is 3. The molecule has 4 atom stereocenters. The van der Waals surface area contributed by atoms with Crippen LogP contribution in [-0.4, -0.2) is 35.2 Å². The summed E-state index contributed by atoms with van der Waals surface area (Å²) < 4.78 is 0. The normalized spacial score (nSPS) is 32.0. The Kier molecular flexibility index (Phi) is 3.58. The fourth-order valence-corrected chi connectivity index (χ4v) is 6.36. The second-order valence-electron chi connectivity index (χ2n) is 8.64. The molecule has 2 aromatic rings. The van der Waals surface area contributed by atoms with E-state index in [0.29, 0.717) is 28.5 Å². The highest BCUT2D eigenvalue weighted by Gasteiger charge is 2.74. The maximum absolute atomic E-state index is 13.8. The molecular weight excluding hydrogens is 402 g/mol. The van der Waals surface area contributed by atoms with E-state index in [1.807, 2.05) is 25.1 Å². The second-order valence-corrected chi connectivity index (χ2v) is 9.04. The van der Waals surface area contributed by atoms with Gasteiger partial charge >= 0.3 is 0 Å². The molecule has 6 rings (SSSR count). The number of aryl methyl sites for hydroxylation is 1. The summed E-state index contributed by atoms with van der Waals surface area (Å²) in [5, 5.41) is 3.37. The standard InChI is InChI=1S/C23H20ClN3O3/c1-12-7-9-13(10-8-12)27-20(28)17-16-6-3-11-26(16)23(18(17)21(27)29)14-4-2-5-15(24)19(14)25-22(23)30/h2,4-5,7-10,16-18H,3,6,11H2,1H3,(H,25,30)/t16-,17+,18-,23-/m0/s1. The molecule has 0 bridgehead atoms. The average molecular weight is 422 g/mol. The van der Waals surface area contributed by atoms with Gasteiger partial charge in [-0.1, -0.05) is 41.4 Å². The van der Waals surface area contributed by atoms with Gasteiger partial charge in [0.15, 0.2) is 0 Å². The van der Waals surface area contributed by atoms with Gasteiger partial charge in [0.2, 0.25) is 11.8 Å². The van der Waals surface area contributed by atoms with E-state index in [4.69, 9.17) is 11.6 Å². The van der Waals surface area contributed by atoms with Crippen molar-refractivity contribution < 1.29 is 14.4 Å². The van der Waals surface area contributed by atoms with E-state index in [0.717, 1.165) is 18.4 Å². The zero-order valence-corrected chi connectivity index (χ0v) is 17.1. The van der Waals surface area contributed by atoms with Crippen LogP contribution in [0.4, 0.5) is 11.4 Å². The van der Waals surface area contributed by atoms with E-state index in [2.05, 4.69) is 10.2 Å². The lowest BCUT2D eigenvalue weighted by Crippen LogP contribution is -2.54. The van der Waals surface area contributed by atoms with Gasteiger partial charge in [-0.25, -0.2) is 4.90 Å². The summed E-state index contributed by atoms with van der Waals surface area (Å²) in [6.45, 7) is 2.64. The molecule has 1 spiro atoms. The van der Waals surface area contributed by atoms with Gasteiger partial charge in [-0.15, -0.1) is 0 Å². The maximum Gasteiger partial charge on any atom is 0.250 e. The fourth-order valence-electron chi connectivity index (χ4n) is 6.14. The highest BCUT2D eigenvalue weighted by Crippen LogP contribution is 2.61. The molecule has 0 aliphatic carbocycles. The van der Waals surface area contributed by atoms with Crippen LogP contribution in [0.5, 0.6) is 0 Å². The number of anilines is 2. The molecule has 1 N–H and O–H groups in total. The van der Waals surface area contributed by atoms with Gasteiger partial charge in [-0.05, 0) is 44.5 Å². The number of nitrogens with zero attached hydrogens (tertiary/aromatic N) is 2. The number of hydrogen-bond donors (Lipinski definition) is 1. The number of benzene rings is 2. The highest BCUT2D eigenvalue weighted by molar-refractivity contribution is 6.35. The first-order chi connectivity index (χ1) is 14.5. The molecule has 4 aliphatic rings. The van der Waals surface area contributed by atoms with Gasteiger partial charge in [0.1, 0.15) is 5.54 Å². The van der Waals surface area contributed by atoms with Gasteiger partial charge in [0, 0.05) is 11.6 Å². The lowest BCUT2D eigenvalue weighted by molar-refractivity contribution is -0.135. The molecule has 30 heavy (non-hydrogen) atoms. The Hall–Kier alpha value is -2.70. The molecule has 0 saturated carbocycles. The molecule has 0 aromatic heterocycles. The smallest absolute Gasteiger partial charge is 0.250 e. The molecule has 7 heteroatoms. The Morgan fingerprint density at radius 3 is 2.60 bits per heavy atom. The van der Waals surface area contributed by atoms with E-state index in [1.165, 1.54) is 4.90 Å². The van der Waals surface area contributed by atoms with Gasteiger partial charge in [0.25, 0.3) is 5.91 Å². The number of rotatable bonds is 1. The second kappa shape index (κ2) is 5.93. The van der Waals surface area contributed by atoms with Crippen molar-refractivity contribution in [3.63, 3.8) is 0 Å². The SMILES string of the molecule is Cc1ccc(N2C(=O)[C@H]3[C@@H](C2=O)[C@@]2(C(=O)Nc4c(Cl)cccc42)N2CCC[C@@H]32)cc1. The largest absolute Gasteiger partial charge is 0.323 e. The Bertz CT molecular complexity index is 1130. The summed E-state index contributed by atoms with van der Waals surface area (Å²) in [5.74, 6) is -2.04. The van der Waals surface area contributed by atoms with Crippen LogP contribution in [0.2, 0.25) is 5.02 Å². The van der Waals surface area contributed by atoms with E-state index in [-0.39, 0.29) is 23.8 Å². The summed E-state index contributed by atoms with van der Waals surface area (Å²) in [6.07, 6.45) is 1.69. The molecule has 0 unspecified atom stereocenters. The number of halogens is 1. The number of nitrogens with one attached hydrogen (secondary N) is 1. The molecule has 4 heterocycles. The van der Waals surface area contributed by atoms with E-state index in [1.54, 1.807) is 24.3 Å². The predicted octanol–water partition coefficient (Wildman–Crippen LogP) is 3.08. The zero-order chi connectivity index (χ0) is 20.8. The third-order valence-corrected chi connectivity index (χ3v) is 7.58. The molecule has 4 aliphatic heterocycles. The highest BCUT2D eigenvalue weighted by atomic mass is 35.5. The molecular formula is C23H20ClN3O3. The first kappa shape index (κ1) is 18.1. The van der Waals surface area contributed by atoms with Crippen LogP contribution in [0.25, 0.3) is 0 Å². The van der Waals surface area contributed by atoms with Crippen molar-refractivity contribution in [2.45, 2.75) is 31.3 Å². The molecule has 2 aromatic carbocycles. The molecule has 152 valence electrons. The first-order valence-electron chi connectivity index (χ1n) is 10.3. The van der Waals surface area contributed by atoms with E-state index >= 15 is 0 Å². The van der Waals surface area contributed by atoms with Crippen molar-refractivity contribution in [2.24, 2.45) is 11.8 Å². The minimum atomic E-state index is -1.18. The number of amides is 3. The first-order valence-corrected chi connectivity index (χ1v) is 10.7. The lowest BCUT2D eigenvalue weighted by atomic mass is 9.75. The predicted molar refractivity (Wildman–Crippen MR) is 112 cm³/mol. The van der Waals surface area contributed by atoms with Crippen LogP contribution in [0.3, 0.4) is 0 Å². The topological polar surface area (TPSA) is 69.7 Å². The average Bonchev–Trinajstić information content (AvgIpc) is 3.42. The Morgan fingerprint density at radius 1 is 1.07 bits per heavy atom. The van der Waals surface area contributed by atoms with Crippen LogP contribution in [0.1, 0.15) is 24.0 Å². The van der Waals surface area contributed by atoms with Crippen LogP contribution < -0.4 is 10.2 Å². The number of carbonyl (C=O) groups excluding carboxylic acids is 3. The maximum atomic E-state index is 13.8. The van der Waals surface area contributed by atoms with Crippen LogP contribution in [0, 0.1) is 18.8 Å². The van der Waals surface area contributed by atoms with Crippen molar-refractivity contribution >= 4 is 40.7 Å². The lowest BCUT2D eigenvalue weighted by Gasteiger charge is -2.36. The number of para-hydroxylation sites is 1. The van der Waals surface area contributed by atoms with Crippen molar-refractivity contribution in [2.75, 3.05) is 16.8 Å². The van der Waals surface area contributed by atoms with Gasteiger partial charge < -0.3 is 5.32 Å². The monoisotopic (exact) mass is 421 g/mol. The van der Waals surface area contributed by atoms with Crippen molar-refractivity contribution in [3.8, 4) is 0 Å². The van der Waals surface area contributed by atoms with Crippen molar-refractivity contribution in [1.82, 2.24) is 4.90 Å². The van der Waals surface area contributed by atoms with E-state index < -0.39 is 17.4 Å². The minimum absolute atomic E-state index is 0.127. The third kappa shape index (κ3) is 1.96. The van der Waals surface area contributed by atoms with Crippen LogP contribution in [-0.2, 0) is 19.9 Å². The zero-order valence-electron chi connectivity index (χ0n) is 16.4. The Morgan fingerprint density at radius 2 is 1.83 bits per heavy atom. The molecule has 6 nitrogen and oxygen atoms in total. The van der Waals surface area contributed by atoms with Gasteiger partial charge in [0.05, 0.1) is 28.2 Å². The quantitative estimate of drug-likeness (QED) is 0.718. The Labute approximate surface area is 178 Å². The molecule has 3 amide bonds. The van der Waals surface area contributed by atoms with E-state index in [9.17, 15) is 14.4 Å². The van der Waals surface area contributed by atoms with Crippen molar-refractivity contribution in [3.05, 3.63) is 58.6 Å². The summed E-state index contributed by atoms with van der Waals surface area (Å²) in [7, 11) is 0. The molecule has 3 saturated heterocycles. The van der Waals surface area contributed by atoms with Crippen molar-refractivity contribution in [1.29, 1.82) is 0 Å². The Balaban J connectivity index is 1.56. The molecule has 0 radical (unpaired) electrons. The summed E-state index contributed by atoms with van der Waals surface area (Å²) in [6, 6.07) is 12.6. The number of fused-ring (bicyclic) bond motifs is 7. The van der Waals surface area contributed by atoms with Crippen LogP contribution >= 0.6 is 11.6 Å². The molecule has 3 fully saturated rings. The summed E-state index contributed by atoms with van der Waals surface area (Å²) >= 11 is 6.39. The minimum Gasteiger partial charge on any atom is -0.323 e. The fraction of sp³-hybridized carbons (Fsp3) is 0.348. The van der Waals surface area contributed by atoms with Crippen LogP contribution in [0.15, 0.2) is 42.5 Å². The van der Waals surface area contributed by atoms with Gasteiger partial charge in [-0.3, -0.25) is 19.3 Å².